The smallest absolute Gasteiger partial charge is 0.263 e. The van der Waals surface area contributed by atoms with Gasteiger partial charge in [0.15, 0.2) is 5.13 Å². The first-order valence-electron chi connectivity index (χ1n) is 7.00. The summed E-state index contributed by atoms with van der Waals surface area (Å²) < 4.78 is 0. The van der Waals surface area contributed by atoms with Crippen molar-refractivity contribution < 1.29 is 4.79 Å². The highest BCUT2D eigenvalue weighted by Crippen LogP contribution is 2.27. The molecule has 4 nitrogen and oxygen atoms in total. The van der Waals surface area contributed by atoms with Crippen molar-refractivity contribution in [1.29, 1.82) is 0 Å². The molecule has 2 N–H and O–H groups in total. The number of rotatable bonds is 5. The molecule has 0 bridgehead atoms. The van der Waals surface area contributed by atoms with E-state index in [1.807, 2.05) is 0 Å². The molecule has 0 aromatic carbocycles. The predicted octanol–water partition coefficient (Wildman–Crippen LogP) is 2.95. The molecule has 1 saturated carbocycles. The molecule has 0 spiro atoms. The minimum atomic E-state index is -0.00665. The Bertz CT molecular complexity index is 491. The highest BCUT2D eigenvalue weighted by molar-refractivity contribution is 7.17. The molecule has 1 amide bonds. The Kier molecular flexibility index (Phi) is 3.82. The van der Waals surface area contributed by atoms with Crippen LogP contribution in [0, 0.1) is 0 Å². The molecule has 19 heavy (non-hydrogen) atoms. The Hall–Kier alpha value is -1.36. The summed E-state index contributed by atoms with van der Waals surface area (Å²) in [6.45, 7) is 0.683. The second-order valence-electron chi connectivity index (χ2n) is 5.24. The lowest BCUT2D eigenvalue weighted by molar-refractivity contribution is 0.0960. The van der Waals surface area contributed by atoms with Crippen LogP contribution in [0.1, 0.15) is 48.2 Å². The largest absolute Gasteiger partial charge is 0.359 e. The topological polar surface area (TPSA) is 54.0 Å². The SMILES string of the molecule is O=C(NCC1=CCCCC1)c1cnc(NC2CC2)s1. The highest BCUT2D eigenvalue weighted by Gasteiger charge is 2.22. The zero-order valence-electron chi connectivity index (χ0n) is 10.9. The Morgan fingerprint density at radius 3 is 3.05 bits per heavy atom. The number of nitrogens with one attached hydrogen (secondary N) is 2. The van der Waals surface area contributed by atoms with Gasteiger partial charge in [0, 0.05) is 12.6 Å². The molecule has 1 aromatic heterocycles. The quantitative estimate of drug-likeness (QED) is 0.814. The Labute approximate surface area is 117 Å². The third-order valence-corrected chi connectivity index (χ3v) is 4.42. The van der Waals surface area contributed by atoms with Crippen LogP contribution in [-0.4, -0.2) is 23.5 Å². The van der Waals surface area contributed by atoms with Gasteiger partial charge in [-0.2, -0.15) is 0 Å². The predicted molar refractivity (Wildman–Crippen MR) is 77.6 cm³/mol. The number of carbonyl (C=O) groups is 1. The maximum absolute atomic E-state index is 12.0. The number of anilines is 1. The fourth-order valence-electron chi connectivity index (χ4n) is 2.19. The van der Waals surface area contributed by atoms with E-state index < -0.39 is 0 Å². The minimum Gasteiger partial charge on any atom is -0.359 e. The van der Waals surface area contributed by atoms with Gasteiger partial charge in [-0.3, -0.25) is 4.79 Å². The van der Waals surface area contributed by atoms with Crippen LogP contribution < -0.4 is 10.6 Å². The van der Waals surface area contributed by atoms with Crippen molar-refractivity contribution >= 4 is 22.4 Å². The Balaban J connectivity index is 1.51. The van der Waals surface area contributed by atoms with E-state index in [4.69, 9.17) is 0 Å². The monoisotopic (exact) mass is 277 g/mol. The summed E-state index contributed by atoms with van der Waals surface area (Å²) in [6, 6.07) is 0.578. The molecule has 0 atom stereocenters. The van der Waals surface area contributed by atoms with Gasteiger partial charge >= 0.3 is 0 Å². The minimum absolute atomic E-state index is 0.00665. The molecule has 0 unspecified atom stereocenters. The molecule has 2 aliphatic carbocycles. The molecule has 0 saturated heterocycles. The average molecular weight is 277 g/mol. The van der Waals surface area contributed by atoms with Crippen LogP contribution >= 0.6 is 11.3 Å². The van der Waals surface area contributed by atoms with Crippen LogP contribution in [0.5, 0.6) is 0 Å². The second kappa shape index (κ2) is 5.74. The van der Waals surface area contributed by atoms with E-state index in [-0.39, 0.29) is 5.91 Å². The molecule has 3 rings (SSSR count). The van der Waals surface area contributed by atoms with Gasteiger partial charge < -0.3 is 10.6 Å². The lowest BCUT2D eigenvalue weighted by atomic mass is 10.00. The lowest BCUT2D eigenvalue weighted by Crippen LogP contribution is -2.25. The van der Waals surface area contributed by atoms with Gasteiger partial charge in [-0.05, 0) is 38.5 Å². The van der Waals surface area contributed by atoms with E-state index in [1.54, 1.807) is 6.20 Å². The molecule has 0 aliphatic heterocycles. The average Bonchev–Trinajstić information content (AvgIpc) is 3.13. The maximum Gasteiger partial charge on any atom is 0.263 e. The summed E-state index contributed by atoms with van der Waals surface area (Å²) in [7, 11) is 0. The van der Waals surface area contributed by atoms with Gasteiger partial charge in [-0.25, -0.2) is 4.98 Å². The van der Waals surface area contributed by atoms with E-state index >= 15 is 0 Å². The van der Waals surface area contributed by atoms with Crippen LogP contribution in [0.25, 0.3) is 0 Å². The second-order valence-corrected chi connectivity index (χ2v) is 6.27. The van der Waals surface area contributed by atoms with Crippen molar-refractivity contribution in [2.45, 2.75) is 44.6 Å². The van der Waals surface area contributed by atoms with Crippen molar-refractivity contribution in [3.8, 4) is 0 Å². The fourth-order valence-corrected chi connectivity index (χ4v) is 3.00. The summed E-state index contributed by atoms with van der Waals surface area (Å²) in [5.74, 6) is -0.00665. The molecule has 102 valence electrons. The fraction of sp³-hybridized carbons (Fsp3) is 0.571. The number of hydrogen-bond donors (Lipinski definition) is 2. The summed E-state index contributed by atoms with van der Waals surface area (Å²) in [5.41, 5.74) is 1.36. The van der Waals surface area contributed by atoms with Crippen molar-refractivity contribution in [2.24, 2.45) is 0 Å². The number of carbonyl (C=O) groups excluding carboxylic acids is 1. The van der Waals surface area contributed by atoms with E-state index in [0.717, 1.165) is 18.0 Å². The van der Waals surface area contributed by atoms with Crippen LogP contribution in [0.2, 0.25) is 0 Å². The number of hydrogen-bond acceptors (Lipinski definition) is 4. The van der Waals surface area contributed by atoms with E-state index in [1.165, 1.54) is 42.6 Å². The maximum atomic E-state index is 12.0. The van der Waals surface area contributed by atoms with Gasteiger partial charge in [-0.15, -0.1) is 0 Å². The van der Waals surface area contributed by atoms with Crippen molar-refractivity contribution in [3.63, 3.8) is 0 Å². The van der Waals surface area contributed by atoms with Gasteiger partial charge in [0.2, 0.25) is 0 Å². The third-order valence-electron chi connectivity index (χ3n) is 3.50. The number of amides is 1. The molecule has 2 aliphatic rings. The molecule has 1 aromatic rings. The summed E-state index contributed by atoms with van der Waals surface area (Å²) in [5, 5.41) is 7.16. The van der Waals surface area contributed by atoms with Crippen LogP contribution in [0.4, 0.5) is 5.13 Å². The molecule has 5 heteroatoms. The van der Waals surface area contributed by atoms with E-state index in [9.17, 15) is 4.79 Å². The Morgan fingerprint density at radius 2 is 2.32 bits per heavy atom. The summed E-state index contributed by atoms with van der Waals surface area (Å²) in [6.07, 6.45) is 11.2. The van der Waals surface area contributed by atoms with Gasteiger partial charge in [-0.1, -0.05) is 23.0 Å². The third kappa shape index (κ3) is 3.56. The van der Waals surface area contributed by atoms with Gasteiger partial charge in [0.1, 0.15) is 4.88 Å². The van der Waals surface area contributed by atoms with Crippen LogP contribution in [-0.2, 0) is 0 Å². The zero-order chi connectivity index (χ0) is 13.1. The number of allylic oxidation sites excluding steroid dienone is 1. The van der Waals surface area contributed by atoms with Crippen molar-refractivity contribution in [3.05, 3.63) is 22.7 Å². The van der Waals surface area contributed by atoms with Crippen LogP contribution in [0.3, 0.4) is 0 Å². The van der Waals surface area contributed by atoms with E-state index in [2.05, 4.69) is 21.7 Å². The normalized spacial score (nSPS) is 18.8. The molecular weight excluding hydrogens is 258 g/mol. The first-order valence-corrected chi connectivity index (χ1v) is 7.81. The molecule has 1 heterocycles. The lowest BCUT2D eigenvalue weighted by Gasteiger charge is -2.12. The van der Waals surface area contributed by atoms with Gasteiger partial charge in [0.05, 0.1) is 6.20 Å². The highest BCUT2D eigenvalue weighted by atomic mass is 32.1. The molecule has 1 fully saturated rings. The number of thiazole rings is 1. The van der Waals surface area contributed by atoms with Crippen molar-refractivity contribution in [2.75, 3.05) is 11.9 Å². The van der Waals surface area contributed by atoms with Crippen LogP contribution in [0.15, 0.2) is 17.8 Å². The van der Waals surface area contributed by atoms with Crippen molar-refractivity contribution in [1.82, 2.24) is 10.3 Å². The first-order chi connectivity index (χ1) is 9.31. The number of nitrogens with zero attached hydrogens (tertiary/aromatic N) is 1. The first kappa shape index (κ1) is 12.7. The Morgan fingerprint density at radius 1 is 1.42 bits per heavy atom. The summed E-state index contributed by atoms with van der Waals surface area (Å²) >= 11 is 1.44. The summed E-state index contributed by atoms with van der Waals surface area (Å²) in [4.78, 5) is 16.9. The standard InChI is InChI=1S/C14H19N3OS/c18-13(15-8-10-4-2-1-3-5-10)12-9-16-14(19-12)17-11-6-7-11/h4,9,11H,1-3,5-8H2,(H,15,18)(H,16,17). The number of aromatic nitrogens is 1. The molecule has 0 radical (unpaired) electrons. The molecular formula is C14H19N3OS. The van der Waals surface area contributed by atoms with Gasteiger partial charge in [0.25, 0.3) is 5.91 Å². The zero-order valence-corrected chi connectivity index (χ0v) is 11.8. The van der Waals surface area contributed by atoms with E-state index in [0.29, 0.717) is 17.5 Å².